The van der Waals surface area contributed by atoms with E-state index in [1.807, 2.05) is 0 Å². The highest BCUT2D eigenvalue weighted by molar-refractivity contribution is 5.84. The molecule has 0 aromatic carbocycles. The zero-order valence-corrected chi connectivity index (χ0v) is 9.93. The van der Waals surface area contributed by atoms with Crippen LogP contribution in [0.5, 0.6) is 0 Å². The molecule has 0 aromatic rings. The minimum absolute atomic E-state index is 0.0281. The Bertz CT molecular complexity index is 301. The molecule has 96 valence electrons. The van der Waals surface area contributed by atoms with E-state index in [1.54, 1.807) is 0 Å². The van der Waals surface area contributed by atoms with Gasteiger partial charge in [-0.3, -0.25) is 4.79 Å². The van der Waals surface area contributed by atoms with Crippen molar-refractivity contribution in [1.82, 2.24) is 4.90 Å². The standard InChI is InChI=1S/C12H19NO4/c14-11(8-17-7-9-4-5-9)13-6-2-1-3-10(13)12(15)16/h9-10H,1-8H2,(H,15,16). The van der Waals surface area contributed by atoms with Crippen molar-refractivity contribution in [3.05, 3.63) is 0 Å². The molecule has 1 N–H and O–H groups in total. The van der Waals surface area contributed by atoms with E-state index in [1.165, 1.54) is 17.7 Å². The second-order valence-electron chi connectivity index (χ2n) is 4.90. The average molecular weight is 241 g/mol. The number of carboxylic acids is 1. The summed E-state index contributed by atoms with van der Waals surface area (Å²) in [5, 5.41) is 9.05. The van der Waals surface area contributed by atoms with Gasteiger partial charge in [-0.15, -0.1) is 0 Å². The summed E-state index contributed by atoms with van der Waals surface area (Å²) in [6.45, 7) is 1.21. The first kappa shape index (κ1) is 12.4. The van der Waals surface area contributed by atoms with Gasteiger partial charge in [0.1, 0.15) is 12.6 Å². The van der Waals surface area contributed by atoms with Gasteiger partial charge in [0.05, 0.1) is 6.61 Å². The summed E-state index contributed by atoms with van der Waals surface area (Å²) in [4.78, 5) is 24.3. The lowest BCUT2D eigenvalue weighted by molar-refractivity contribution is -0.154. The van der Waals surface area contributed by atoms with Crippen molar-refractivity contribution in [2.24, 2.45) is 5.92 Å². The van der Waals surface area contributed by atoms with E-state index in [-0.39, 0.29) is 12.5 Å². The lowest BCUT2D eigenvalue weighted by Crippen LogP contribution is -2.49. The fraction of sp³-hybridized carbons (Fsp3) is 0.833. The third-order valence-corrected chi connectivity index (χ3v) is 3.38. The van der Waals surface area contributed by atoms with Crippen LogP contribution in [0.15, 0.2) is 0 Å². The smallest absolute Gasteiger partial charge is 0.326 e. The van der Waals surface area contributed by atoms with Gasteiger partial charge in [-0.2, -0.15) is 0 Å². The number of likely N-dealkylation sites (tertiary alicyclic amines) is 1. The largest absolute Gasteiger partial charge is 0.480 e. The lowest BCUT2D eigenvalue weighted by atomic mass is 10.0. The van der Waals surface area contributed by atoms with Crippen LogP contribution in [0.2, 0.25) is 0 Å². The number of carbonyl (C=O) groups excluding carboxylic acids is 1. The molecule has 0 bridgehead atoms. The Morgan fingerprint density at radius 2 is 2.00 bits per heavy atom. The molecule has 2 rings (SSSR count). The maximum atomic E-state index is 11.9. The van der Waals surface area contributed by atoms with E-state index >= 15 is 0 Å². The van der Waals surface area contributed by atoms with Gasteiger partial charge in [0.15, 0.2) is 0 Å². The summed E-state index contributed by atoms with van der Waals surface area (Å²) in [7, 11) is 0. The molecule has 1 aliphatic heterocycles. The topological polar surface area (TPSA) is 66.8 Å². The Labute approximate surface area is 101 Å². The van der Waals surface area contributed by atoms with Crippen LogP contribution < -0.4 is 0 Å². The second kappa shape index (κ2) is 5.49. The number of ether oxygens (including phenoxy) is 1. The molecule has 0 spiro atoms. The Morgan fingerprint density at radius 3 is 2.65 bits per heavy atom. The van der Waals surface area contributed by atoms with Crippen molar-refractivity contribution in [1.29, 1.82) is 0 Å². The zero-order chi connectivity index (χ0) is 12.3. The number of carbonyl (C=O) groups is 2. The van der Waals surface area contributed by atoms with Crippen LogP contribution in [0.25, 0.3) is 0 Å². The molecule has 2 fully saturated rings. The molecule has 1 saturated heterocycles. The van der Waals surface area contributed by atoms with Crippen LogP contribution in [-0.2, 0) is 14.3 Å². The van der Waals surface area contributed by atoms with Crippen LogP contribution in [0, 0.1) is 5.92 Å². The molecule has 1 saturated carbocycles. The molecule has 1 heterocycles. The minimum atomic E-state index is -0.903. The van der Waals surface area contributed by atoms with Crippen molar-refractivity contribution < 1.29 is 19.4 Å². The Morgan fingerprint density at radius 1 is 1.24 bits per heavy atom. The molecular formula is C12H19NO4. The van der Waals surface area contributed by atoms with Gasteiger partial charge in [-0.05, 0) is 38.0 Å². The first-order chi connectivity index (χ1) is 8.18. The zero-order valence-electron chi connectivity index (χ0n) is 9.93. The van der Waals surface area contributed by atoms with Crippen LogP contribution in [0.3, 0.4) is 0 Å². The number of amides is 1. The van der Waals surface area contributed by atoms with E-state index in [0.29, 0.717) is 25.5 Å². The molecular weight excluding hydrogens is 222 g/mol. The first-order valence-electron chi connectivity index (χ1n) is 6.28. The summed E-state index contributed by atoms with van der Waals surface area (Å²) < 4.78 is 5.32. The van der Waals surface area contributed by atoms with Gasteiger partial charge < -0.3 is 14.7 Å². The molecule has 5 heteroatoms. The van der Waals surface area contributed by atoms with Gasteiger partial charge >= 0.3 is 5.97 Å². The van der Waals surface area contributed by atoms with Crippen LogP contribution in [-0.4, -0.2) is 47.7 Å². The highest BCUT2D eigenvalue weighted by Crippen LogP contribution is 2.28. The number of aliphatic carboxylic acids is 1. The van der Waals surface area contributed by atoms with Crippen molar-refractivity contribution in [3.63, 3.8) is 0 Å². The van der Waals surface area contributed by atoms with Gasteiger partial charge in [-0.1, -0.05) is 0 Å². The van der Waals surface area contributed by atoms with E-state index < -0.39 is 12.0 Å². The van der Waals surface area contributed by atoms with Gasteiger partial charge in [-0.25, -0.2) is 4.79 Å². The highest BCUT2D eigenvalue weighted by atomic mass is 16.5. The van der Waals surface area contributed by atoms with E-state index in [2.05, 4.69) is 0 Å². The number of carboxylic acid groups (broad SMARTS) is 1. The summed E-state index contributed by atoms with van der Waals surface area (Å²) >= 11 is 0. The fourth-order valence-electron chi connectivity index (χ4n) is 2.17. The van der Waals surface area contributed by atoms with Gasteiger partial charge in [0.25, 0.3) is 0 Å². The van der Waals surface area contributed by atoms with E-state index in [0.717, 1.165) is 12.8 Å². The predicted octanol–water partition coefficient (Wildman–Crippen LogP) is 0.879. The van der Waals surface area contributed by atoms with Gasteiger partial charge in [0, 0.05) is 6.54 Å². The molecule has 1 unspecified atom stereocenters. The van der Waals surface area contributed by atoms with Crippen LogP contribution in [0.4, 0.5) is 0 Å². The van der Waals surface area contributed by atoms with E-state index in [4.69, 9.17) is 9.84 Å². The number of rotatable bonds is 5. The van der Waals surface area contributed by atoms with Crippen LogP contribution in [0.1, 0.15) is 32.1 Å². The number of piperidine rings is 1. The summed E-state index contributed by atoms with van der Waals surface area (Å²) in [6.07, 6.45) is 4.71. The molecule has 17 heavy (non-hydrogen) atoms. The third-order valence-electron chi connectivity index (χ3n) is 3.38. The Kier molecular flexibility index (Phi) is 3.99. The van der Waals surface area contributed by atoms with Gasteiger partial charge in [0.2, 0.25) is 5.91 Å². The molecule has 0 aromatic heterocycles. The summed E-state index contributed by atoms with van der Waals surface area (Å²) in [6, 6.07) is -0.652. The fourth-order valence-corrected chi connectivity index (χ4v) is 2.17. The first-order valence-corrected chi connectivity index (χ1v) is 6.28. The van der Waals surface area contributed by atoms with Crippen molar-refractivity contribution in [3.8, 4) is 0 Å². The van der Waals surface area contributed by atoms with Crippen molar-refractivity contribution >= 4 is 11.9 Å². The quantitative estimate of drug-likeness (QED) is 0.776. The highest BCUT2D eigenvalue weighted by Gasteiger charge is 2.32. The molecule has 2 aliphatic rings. The Hall–Kier alpha value is -1.10. The predicted molar refractivity (Wildman–Crippen MR) is 60.5 cm³/mol. The van der Waals surface area contributed by atoms with Crippen LogP contribution >= 0.6 is 0 Å². The summed E-state index contributed by atoms with van der Waals surface area (Å²) in [5.74, 6) is -0.461. The molecule has 1 aliphatic carbocycles. The second-order valence-corrected chi connectivity index (χ2v) is 4.90. The summed E-state index contributed by atoms with van der Waals surface area (Å²) in [5.41, 5.74) is 0. The Balaban J connectivity index is 1.79. The number of hydrogen-bond donors (Lipinski definition) is 1. The monoisotopic (exact) mass is 241 g/mol. The van der Waals surface area contributed by atoms with E-state index in [9.17, 15) is 9.59 Å². The van der Waals surface area contributed by atoms with Crippen molar-refractivity contribution in [2.75, 3.05) is 19.8 Å². The minimum Gasteiger partial charge on any atom is -0.480 e. The molecule has 0 radical (unpaired) electrons. The number of nitrogens with zero attached hydrogens (tertiary/aromatic N) is 1. The average Bonchev–Trinajstić information content (AvgIpc) is 3.13. The number of hydrogen-bond acceptors (Lipinski definition) is 3. The lowest BCUT2D eigenvalue weighted by Gasteiger charge is -2.32. The normalized spacial score (nSPS) is 24.7. The molecule has 5 nitrogen and oxygen atoms in total. The SMILES string of the molecule is O=C(O)C1CCCCN1C(=O)COCC1CC1. The maximum Gasteiger partial charge on any atom is 0.326 e. The third kappa shape index (κ3) is 3.43. The maximum absolute atomic E-state index is 11.9. The molecule has 1 atom stereocenters. The van der Waals surface area contributed by atoms with Crippen molar-refractivity contribution in [2.45, 2.75) is 38.1 Å². The molecule has 1 amide bonds.